The van der Waals surface area contributed by atoms with Gasteiger partial charge in [-0.25, -0.2) is 14.6 Å². The predicted octanol–water partition coefficient (Wildman–Crippen LogP) is 2.60. The third kappa shape index (κ3) is 10.7. The highest BCUT2D eigenvalue weighted by Crippen LogP contribution is 2.33. The van der Waals surface area contributed by atoms with Crippen LogP contribution in [0.15, 0.2) is 48.5 Å². The Hall–Kier alpha value is -4.15. The molecule has 286 valence electrons. The number of morpholine rings is 1. The molecule has 3 heterocycles. The number of alkyl carbamates (subject to hydrolysis) is 1. The second kappa shape index (κ2) is 18.1. The van der Waals surface area contributed by atoms with Gasteiger partial charge in [0.2, 0.25) is 5.91 Å². The van der Waals surface area contributed by atoms with Gasteiger partial charge in [-0.3, -0.25) is 10.2 Å². The Morgan fingerprint density at radius 2 is 1.63 bits per heavy atom. The van der Waals surface area contributed by atoms with Crippen LogP contribution < -0.4 is 25.7 Å². The lowest BCUT2D eigenvalue weighted by Gasteiger charge is -2.34. The third-order valence-electron chi connectivity index (χ3n) is 9.57. The molecule has 1 unspecified atom stereocenters. The Balaban J connectivity index is 1.35. The molecule has 0 spiro atoms. The number of hydrogen-bond donors (Lipinski definition) is 4. The number of carbonyl (C=O) groups excluding carboxylic acids is 3. The third-order valence-corrected chi connectivity index (χ3v) is 9.57. The molecule has 6 atom stereocenters. The van der Waals surface area contributed by atoms with E-state index in [-0.39, 0.29) is 38.3 Å². The number of fused-ring (bicyclic) bond motifs is 1. The van der Waals surface area contributed by atoms with Crippen LogP contribution in [0.5, 0.6) is 5.75 Å². The van der Waals surface area contributed by atoms with E-state index in [0.29, 0.717) is 25.6 Å². The van der Waals surface area contributed by atoms with Crippen LogP contribution in [0.2, 0.25) is 0 Å². The monoisotopic (exact) mass is 727 g/mol. The molecule has 0 saturated carbocycles. The molecule has 52 heavy (non-hydrogen) atoms. The number of nitrogens with zero attached hydrogens (tertiary/aromatic N) is 2. The number of hydrazine groups is 1. The smallest absolute Gasteiger partial charge is 0.422 e. The Labute approximate surface area is 305 Å². The van der Waals surface area contributed by atoms with Crippen LogP contribution in [0.25, 0.3) is 0 Å². The average Bonchev–Trinajstić information content (AvgIpc) is 3.76. The number of aliphatic hydroxyl groups excluding tert-OH is 1. The number of nitrogens with one attached hydrogen (secondary N) is 3. The lowest BCUT2D eigenvalue weighted by Crippen LogP contribution is -2.59. The fourth-order valence-corrected chi connectivity index (χ4v) is 6.61. The van der Waals surface area contributed by atoms with Gasteiger partial charge in [0.1, 0.15) is 17.9 Å². The number of methoxy groups -OCH3 is 2. The standard InChI is InChI=1S/C37H53N5O10/c1-37(2,3)32(39-35(45)48-5)33(44)38-29(20-24-8-12-27(47-4)13-9-24)30(43)22-42(40-36(46)52-31-23-51-34-28(31)14-17-50-34)21-25-6-10-26(11-7-25)41-15-18-49-19-16-41/h6-13,28-32,34,43H,14-23H2,1-5H3,(H,38,44)(H,39,45)(H,40,46)/t28-,29-,30-,31?,32+,34+/m0/s1. The van der Waals surface area contributed by atoms with Crippen LogP contribution >= 0.6 is 0 Å². The van der Waals surface area contributed by atoms with Gasteiger partial charge in [-0.2, -0.15) is 0 Å². The van der Waals surface area contributed by atoms with Crippen molar-refractivity contribution in [1.82, 2.24) is 21.1 Å². The van der Waals surface area contributed by atoms with Gasteiger partial charge in [-0.15, -0.1) is 0 Å². The summed E-state index contributed by atoms with van der Waals surface area (Å²) in [6, 6.07) is 13.5. The highest BCUT2D eigenvalue weighted by Gasteiger charge is 2.44. The Bertz CT molecular complexity index is 1460. The lowest BCUT2D eigenvalue weighted by atomic mass is 9.85. The van der Waals surface area contributed by atoms with Gasteiger partial charge >= 0.3 is 12.2 Å². The van der Waals surface area contributed by atoms with Crippen molar-refractivity contribution in [2.24, 2.45) is 11.3 Å². The predicted molar refractivity (Wildman–Crippen MR) is 191 cm³/mol. The summed E-state index contributed by atoms with van der Waals surface area (Å²) in [4.78, 5) is 41.6. The fraction of sp³-hybridized carbons (Fsp3) is 0.595. The van der Waals surface area contributed by atoms with Crippen molar-refractivity contribution in [3.63, 3.8) is 0 Å². The molecule has 3 fully saturated rings. The van der Waals surface area contributed by atoms with Crippen molar-refractivity contribution in [2.75, 3.05) is 65.2 Å². The fourth-order valence-electron chi connectivity index (χ4n) is 6.61. The van der Waals surface area contributed by atoms with Crippen LogP contribution in [0, 0.1) is 11.3 Å². The minimum Gasteiger partial charge on any atom is -0.497 e. The zero-order valence-electron chi connectivity index (χ0n) is 30.7. The van der Waals surface area contributed by atoms with E-state index in [4.69, 9.17) is 28.4 Å². The summed E-state index contributed by atoms with van der Waals surface area (Å²) in [6.45, 7) is 9.32. The number of amides is 3. The maximum absolute atomic E-state index is 13.8. The molecule has 3 saturated heterocycles. The maximum atomic E-state index is 13.8. The van der Waals surface area contributed by atoms with E-state index in [2.05, 4.69) is 21.0 Å². The number of benzene rings is 2. The first-order chi connectivity index (χ1) is 24.9. The summed E-state index contributed by atoms with van der Waals surface area (Å²) in [7, 11) is 2.80. The molecule has 4 N–H and O–H groups in total. The summed E-state index contributed by atoms with van der Waals surface area (Å²) in [5.41, 5.74) is 4.92. The van der Waals surface area contributed by atoms with Gasteiger partial charge < -0.3 is 49.1 Å². The summed E-state index contributed by atoms with van der Waals surface area (Å²) in [6.07, 6.45) is -2.52. The molecule has 0 aromatic heterocycles. The van der Waals surface area contributed by atoms with Crippen LogP contribution in [0.3, 0.4) is 0 Å². The summed E-state index contributed by atoms with van der Waals surface area (Å²) >= 11 is 0. The molecule has 2 aromatic rings. The average molecular weight is 728 g/mol. The van der Waals surface area contributed by atoms with Crippen LogP contribution in [-0.2, 0) is 41.4 Å². The number of carbonyl (C=O) groups is 3. The van der Waals surface area contributed by atoms with Gasteiger partial charge in [0, 0.05) is 31.9 Å². The zero-order valence-corrected chi connectivity index (χ0v) is 30.7. The normalized spacial score (nSPS) is 21.8. The summed E-state index contributed by atoms with van der Waals surface area (Å²) < 4.78 is 32.6. The largest absolute Gasteiger partial charge is 0.497 e. The first-order valence-corrected chi connectivity index (χ1v) is 17.8. The van der Waals surface area contributed by atoms with E-state index in [9.17, 15) is 19.5 Å². The van der Waals surface area contributed by atoms with E-state index in [1.807, 2.05) is 57.2 Å². The van der Waals surface area contributed by atoms with Crippen molar-refractivity contribution < 1.29 is 47.9 Å². The van der Waals surface area contributed by atoms with Crippen LogP contribution in [-0.4, -0.2) is 119 Å². The molecule has 3 aliphatic rings. The minimum absolute atomic E-state index is 0.0454. The van der Waals surface area contributed by atoms with Crippen molar-refractivity contribution >= 4 is 23.8 Å². The Morgan fingerprint density at radius 3 is 2.29 bits per heavy atom. The van der Waals surface area contributed by atoms with Gasteiger partial charge in [0.15, 0.2) is 6.29 Å². The van der Waals surface area contributed by atoms with Gasteiger partial charge in [-0.05, 0) is 53.6 Å². The van der Waals surface area contributed by atoms with E-state index in [0.717, 1.165) is 36.3 Å². The number of aliphatic hydroxyl groups is 1. The van der Waals surface area contributed by atoms with Crippen LogP contribution in [0.1, 0.15) is 38.3 Å². The first-order valence-electron chi connectivity index (χ1n) is 17.8. The second-order valence-corrected chi connectivity index (χ2v) is 14.4. The zero-order chi connectivity index (χ0) is 37.3. The van der Waals surface area contributed by atoms with E-state index in [1.54, 1.807) is 24.3 Å². The maximum Gasteiger partial charge on any atom is 0.422 e. The Morgan fingerprint density at radius 1 is 0.942 bits per heavy atom. The van der Waals surface area contributed by atoms with E-state index >= 15 is 0 Å². The quantitative estimate of drug-likeness (QED) is 0.210. The number of anilines is 1. The highest BCUT2D eigenvalue weighted by atomic mass is 16.7. The lowest BCUT2D eigenvalue weighted by molar-refractivity contribution is -0.127. The van der Waals surface area contributed by atoms with Crippen molar-refractivity contribution in [3.05, 3.63) is 59.7 Å². The van der Waals surface area contributed by atoms with Crippen LogP contribution in [0.4, 0.5) is 15.3 Å². The van der Waals surface area contributed by atoms with Gasteiger partial charge in [0.25, 0.3) is 0 Å². The first kappa shape index (κ1) is 39.1. The number of hydrogen-bond acceptors (Lipinski definition) is 12. The molecule has 2 aromatic carbocycles. The van der Waals surface area contributed by atoms with Gasteiger partial charge in [-0.1, -0.05) is 45.0 Å². The molecule has 0 bridgehead atoms. The molecule has 15 nitrogen and oxygen atoms in total. The molecule has 0 aliphatic carbocycles. The van der Waals surface area contributed by atoms with E-state index in [1.165, 1.54) is 7.11 Å². The van der Waals surface area contributed by atoms with Crippen molar-refractivity contribution in [1.29, 1.82) is 0 Å². The van der Waals surface area contributed by atoms with Crippen molar-refractivity contribution in [2.45, 2.75) is 70.7 Å². The molecule has 15 heteroatoms. The topological polar surface area (TPSA) is 169 Å². The molecular formula is C37H53N5O10. The second-order valence-electron chi connectivity index (χ2n) is 14.4. The minimum atomic E-state index is -1.19. The van der Waals surface area contributed by atoms with E-state index < -0.39 is 47.8 Å². The highest BCUT2D eigenvalue weighted by molar-refractivity contribution is 5.86. The molecule has 0 radical (unpaired) electrons. The number of ether oxygens (including phenoxy) is 6. The summed E-state index contributed by atoms with van der Waals surface area (Å²) in [5.74, 6) is 0.121. The summed E-state index contributed by atoms with van der Waals surface area (Å²) in [5, 5.41) is 19.1. The SMILES string of the molecule is COC(=O)N[C@H](C(=O)N[C@@H](Cc1ccc(OC)cc1)[C@@H](O)CN(Cc1ccc(N2CCOCC2)cc1)NC(=O)OC1CO[C@H]2OCC[C@@H]12)C(C)(C)C. The number of rotatable bonds is 14. The van der Waals surface area contributed by atoms with Gasteiger partial charge in [0.05, 0.1) is 58.7 Å². The molecular weight excluding hydrogens is 674 g/mol. The molecule has 3 amide bonds. The Kier molecular flexibility index (Phi) is 13.6. The molecule has 3 aliphatic heterocycles. The van der Waals surface area contributed by atoms with Crippen molar-refractivity contribution in [3.8, 4) is 5.75 Å². The molecule has 5 rings (SSSR count).